The van der Waals surface area contributed by atoms with E-state index < -0.39 is 51.3 Å². The Hall–Kier alpha value is -1.53. The van der Waals surface area contributed by atoms with E-state index in [1.54, 1.807) is 0 Å². The summed E-state index contributed by atoms with van der Waals surface area (Å²) in [4.78, 5) is 1.68. The van der Waals surface area contributed by atoms with Crippen LogP contribution in [-0.2, 0) is 16.6 Å². The van der Waals surface area contributed by atoms with Crippen molar-refractivity contribution in [2.24, 2.45) is 10.9 Å². The molecule has 20 heavy (non-hydrogen) atoms. The molecule has 1 aromatic rings. The highest BCUT2D eigenvalue weighted by molar-refractivity contribution is 7.89. The highest BCUT2D eigenvalue weighted by Gasteiger charge is 2.35. The zero-order valence-electron chi connectivity index (χ0n) is 9.49. The molecule has 0 saturated heterocycles. The summed E-state index contributed by atoms with van der Waals surface area (Å²) in [5.41, 5.74) is 2.98. The topological polar surface area (TPSA) is 108 Å². The van der Waals surface area contributed by atoms with Crippen molar-refractivity contribution in [3.63, 3.8) is 0 Å². The van der Waals surface area contributed by atoms with Crippen molar-refractivity contribution in [1.82, 2.24) is 4.98 Å². The smallest absolute Gasteiger partial charge is 0.404 e. The second kappa shape index (κ2) is 5.46. The van der Waals surface area contributed by atoms with Gasteiger partial charge < -0.3 is 10.5 Å². The minimum atomic E-state index is -5.17. The lowest BCUT2D eigenvalue weighted by Crippen LogP contribution is -2.23. The van der Waals surface area contributed by atoms with Gasteiger partial charge in [0.2, 0.25) is 10.0 Å². The minimum absolute atomic E-state index is 0.311. The van der Waals surface area contributed by atoms with Crippen LogP contribution in [0.4, 0.5) is 22.0 Å². The van der Waals surface area contributed by atoms with Crippen molar-refractivity contribution >= 4 is 10.0 Å². The molecule has 0 aliphatic heterocycles. The molecule has 0 spiro atoms. The lowest BCUT2D eigenvalue weighted by Gasteiger charge is -2.16. The highest BCUT2D eigenvalue weighted by atomic mass is 32.2. The third-order valence-corrected chi connectivity index (χ3v) is 3.07. The minimum Gasteiger partial charge on any atom is -0.404 e. The maximum absolute atomic E-state index is 12.7. The van der Waals surface area contributed by atoms with E-state index in [1.165, 1.54) is 0 Å². The van der Waals surface area contributed by atoms with Crippen LogP contribution in [0, 0.1) is 0 Å². The fourth-order valence-electron chi connectivity index (χ4n) is 1.41. The Labute approximate surface area is 109 Å². The highest BCUT2D eigenvalue weighted by Crippen LogP contribution is 2.34. The zero-order valence-corrected chi connectivity index (χ0v) is 10.3. The molecular formula is C8H8F5N3O3S. The first kappa shape index (κ1) is 16.5. The SMILES string of the molecule is NCc1c(OC(F)(F)F)cnc(C(F)F)c1S(N)(=O)=O. The summed E-state index contributed by atoms with van der Waals surface area (Å²) in [5, 5.41) is 4.71. The summed E-state index contributed by atoms with van der Waals surface area (Å²) in [6.45, 7) is -0.820. The number of aromatic nitrogens is 1. The van der Waals surface area contributed by atoms with E-state index in [9.17, 15) is 30.4 Å². The number of primary sulfonamides is 1. The Morgan fingerprint density at radius 1 is 1.35 bits per heavy atom. The number of halogens is 5. The van der Waals surface area contributed by atoms with Gasteiger partial charge >= 0.3 is 6.36 Å². The van der Waals surface area contributed by atoms with Crippen LogP contribution in [-0.4, -0.2) is 19.8 Å². The Morgan fingerprint density at radius 3 is 2.25 bits per heavy atom. The van der Waals surface area contributed by atoms with Crippen LogP contribution in [0.15, 0.2) is 11.1 Å². The van der Waals surface area contributed by atoms with Crippen LogP contribution in [0.1, 0.15) is 17.7 Å². The van der Waals surface area contributed by atoms with E-state index in [1.807, 2.05) is 0 Å². The van der Waals surface area contributed by atoms with Crippen molar-refractivity contribution in [1.29, 1.82) is 0 Å². The Morgan fingerprint density at radius 2 is 1.90 bits per heavy atom. The molecule has 1 aromatic heterocycles. The summed E-state index contributed by atoms with van der Waals surface area (Å²) in [6.07, 6.45) is -8.23. The van der Waals surface area contributed by atoms with E-state index in [4.69, 9.17) is 10.9 Å². The average Bonchev–Trinajstić information content (AvgIpc) is 2.24. The molecule has 1 rings (SSSR count). The predicted molar refractivity (Wildman–Crippen MR) is 55.1 cm³/mol. The van der Waals surface area contributed by atoms with E-state index in [-0.39, 0.29) is 0 Å². The van der Waals surface area contributed by atoms with Gasteiger partial charge in [-0.3, -0.25) is 0 Å². The number of rotatable bonds is 4. The Balaban J connectivity index is 3.62. The number of alkyl halides is 5. The molecule has 0 amide bonds. The summed E-state index contributed by atoms with van der Waals surface area (Å²) in [5.74, 6) is -1.10. The van der Waals surface area contributed by atoms with Crippen LogP contribution in [0.5, 0.6) is 5.75 Å². The third kappa shape index (κ3) is 3.74. The first-order valence-electron chi connectivity index (χ1n) is 4.76. The normalized spacial score (nSPS) is 12.8. The number of hydrogen-bond donors (Lipinski definition) is 2. The van der Waals surface area contributed by atoms with Gasteiger partial charge in [-0.1, -0.05) is 0 Å². The van der Waals surface area contributed by atoms with Crippen molar-refractivity contribution in [2.75, 3.05) is 0 Å². The molecule has 0 aliphatic carbocycles. The molecule has 0 atom stereocenters. The zero-order chi connectivity index (χ0) is 15.7. The van der Waals surface area contributed by atoms with Gasteiger partial charge in [-0.15, -0.1) is 13.2 Å². The lowest BCUT2D eigenvalue weighted by atomic mass is 10.2. The standard InChI is InChI=1S/C8H8F5N3O3S/c9-7(10)5-6(20(15,17)18)3(1-14)4(2-16-5)19-8(11,12)13/h2,7H,1,14H2,(H2,15,17,18). The maximum atomic E-state index is 12.7. The number of pyridine rings is 1. The number of nitrogens with two attached hydrogens (primary N) is 2. The van der Waals surface area contributed by atoms with Gasteiger partial charge in [-0.25, -0.2) is 27.3 Å². The molecule has 0 bridgehead atoms. The number of sulfonamides is 1. The van der Waals surface area contributed by atoms with Crippen LogP contribution in [0.25, 0.3) is 0 Å². The fraction of sp³-hybridized carbons (Fsp3) is 0.375. The van der Waals surface area contributed by atoms with Crippen molar-refractivity contribution < 1.29 is 35.1 Å². The molecule has 0 aliphatic rings. The predicted octanol–water partition coefficient (Wildman–Crippen LogP) is 1.02. The molecule has 1 heterocycles. The molecule has 114 valence electrons. The molecule has 4 N–H and O–H groups in total. The van der Waals surface area contributed by atoms with Gasteiger partial charge in [0.05, 0.1) is 6.20 Å². The first-order chi connectivity index (χ1) is 8.97. The van der Waals surface area contributed by atoms with Crippen molar-refractivity contribution in [3.05, 3.63) is 17.5 Å². The number of ether oxygens (including phenoxy) is 1. The molecule has 12 heteroatoms. The van der Waals surface area contributed by atoms with Gasteiger partial charge in [0, 0.05) is 12.1 Å². The van der Waals surface area contributed by atoms with Crippen molar-refractivity contribution in [3.8, 4) is 5.75 Å². The number of nitrogens with zero attached hydrogens (tertiary/aromatic N) is 1. The molecule has 0 aromatic carbocycles. The van der Waals surface area contributed by atoms with Crippen molar-refractivity contribution in [2.45, 2.75) is 24.2 Å². The maximum Gasteiger partial charge on any atom is 0.573 e. The van der Waals surface area contributed by atoms with Gasteiger partial charge in [0.1, 0.15) is 10.6 Å². The summed E-state index contributed by atoms with van der Waals surface area (Å²) >= 11 is 0. The van der Waals surface area contributed by atoms with E-state index in [2.05, 4.69) is 9.72 Å². The fourth-order valence-corrected chi connectivity index (χ4v) is 2.37. The van der Waals surface area contributed by atoms with Crippen LogP contribution in [0.2, 0.25) is 0 Å². The Kier molecular flexibility index (Phi) is 4.51. The molecule has 0 saturated carbocycles. The quantitative estimate of drug-likeness (QED) is 0.805. The van der Waals surface area contributed by atoms with Crippen LogP contribution >= 0.6 is 0 Å². The Bertz CT molecular complexity index is 602. The molecule has 0 fully saturated rings. The van der Waals surface area contributed by atoms with Gasteiger partial charge in [0.25, 0.3) is 6.43 Å². The summed E-state index contributed by atoms with van der Waals surface area (Å²) < 4.78 is 87.7. The van der Waals surface area contributed by atoms with E-state index in [0.717, 1.165) is 0 Å². The molecule has 0 unspecified atom stereocenters. The van der Waals surface area contributed by atoms with Gasteiger partial charge in [0.15, 0.2) is 5.75 Å². The molecule has 6 nitrogen and oxygen atoms in total. The number of hydrogen-bond acceptors (Lipinski definition) is 5. The van der Waals surface area contributed by atoms with E-state index in [0.29, 0.717) is 6.20 Å². The van der Waals surface area contributed by atoms with Crippen LogP contribution in [0.3, 0.4) is 0 Å². The van der Waals surface area contributed by atoms with E-state index >= 15 is 0 Å². The first-order valence-corrected chi connectivity index (χ1v) is 6.30. The van der Waals surface area contributed by atoms with Crippen LogP contribution < -0.4 is 15.6 Å². The second-order valence-corrected chi connectivity index (χ2v) is 4.91. The summed E-state index contributed by atoms with van der Waals surface area (Å²) in [6, 6.07) is 0. The lowest BCUT2D eigenvalue weighted by molar-refractivity contribution is -0.275. The van der Waals surface area contributed by atoms with Gasteiger partial charge in [-0.2, -0.15) is 0 Å². The average molecular weight is 321 g/mol. The largest absolute Gasteiger partial charge is 0.573 e. The third-order valence-electron chi connectivity index (χ3n) is 2.05. The molecular weight excluding hydrogens is 313 g/mol. The second-order valence-electron chi connectivity index (χ2n) is 3.41. The summed E-state index contributed by atoms with van der Waals surface area (Å²) in [7, 11) is -4.77. The monoisotopic (exact) mass is 321 g/mol. The molecule has 0 radical (unpaired) electrons. The van der Waals surface area contributed by atoms with Gasteiger partial charge in [-0.05, 0) is 0 Å².